The normalized spacial score (nSPS) is 18.5. The number of aromatic nitrogens is 1. The van der Waals surface area contributed by atoms with Gasteiger partial charge in [0.2, 0.25) is 0 Å². The minimum Gasteiger partial charge on any atom is -0.370 e. The second kappa shape index (κ2) is 6.43. The van der Waals surface area contributed by atoms with Crippen LogP contribution in [0.2, 0.25) is 5.02 Å². The largest absolute Gasteiger partial charge is 0.370 e. The minimum atomic E-state index is -0.146. The fourth-order valence-electron chi connectivity index (χ4n) is 2.17. The van der Waals surface area contributed by atoms with Crippen LogP contribution in [0, 0.1) is 0 Å². The second-order valence-electron chi connectivity index (χ2n) is 4.62. The van der Waals surface area contributed by atoms with E-state index in [1.807, 2.05) is 29.6 Å². The maximum atomic E-state index is 12.2. The molecule has 1 aliphatic heterocycles. The summed E-state index contributed by atoms with van der Waals surface area (Å²) in [5.41, 5.74) is 1.02. The van der Waals surface area contributed by atoms with Gasteiger partial charge in [-0.25, -0.2) is 9.78 Å². The molecular formula is C14H14ClN3O2S. The molecule has 2 heterocycles. The molecule has 110 valence electrons. The molecule has 21 heavy (non-hydrogen) atoms. The molecular weight excluding hydrogens is 310 g/mol. The summed E-state index contributed by atoms with van der Waals surface area (Å²) >= 11 is 7.29. The van der Waals surface area contributed by atoms with Crippen LogP contribution in [0.15, 0.2) is 35.8 Å². The molecule has 0 saturated carbocycles. The van der Waals surface area contributed by atoms with E-state index >= 15 is 0 Å². The number of carbonyl (C=O) groups is 1. The maximum absolute atomic E-state index is 12.2. The standard InChI is InChI=1S/C14H14ClN3O2S/c15-11-3-1-10(2-4-11)12-9-18(6-7-20-12)14(19)17-13-16-5-8-21-13/h1-5,8,12H,6-7,9H2,(H,16,17,19)/t12-/m1/s1. The summed E-state index contributed by atoms with van der Waals surface area (Å²) in [6.45, 7) is 1.60. The van der Waals surface area contributed by atoms with Crippen LogP contribution in [-0.2, 0) is 4.74 Å². The molecule has 0 radical (unpaired) electrons. The minimum absolute atomic E-state index is 0.127. The van der Waals surface area contributed by atoms with Crippen LogP contribution in [0.4, 0.5) is 9.93 Å². The molecule has 1 aromatic carbocycles. The Morgan fingerprint density at radius 1 is 1.43 bits per heavy atom. The summed E-state index contributed by atoms with van der Waals surface area (Å²) in [6, 6.07) is 7.36. The molecule has 1 aliphatic rings. The molecule has 2 aromatic rings. The average Bonchev–Trinajstić information content (AvgIpc) is 3.01. The highest BCUT2D eigenvalue weighted by atomic mass is 35.5. The first-order valence-corrected chi connectivity index (χ1v) is 7.80. The number of halogens is 1. The lowest BCUT2D eigenvalue weighted by Gasteiger charge is -2.33. The third kappa shape index (κ3) is 3.53. The SMILES string of the molecule is O=C(Nc1nccs1)N1CCO[C@@H](c2ccc(Cl)cc2)C1. The molecule has 1 aromatic heterocycles. The van der Waals surface area contributed by atoms with Crippen LogP contribution in [-0.4, -0.2) is 35.6 Å². The predicted molar refractivity (Wildman–Crippen MR) is 82.9 cm³/mol. The monoisotopic (exact) mass is 323 g/mol. The Hall–Kier alpha value is -1.63. The molecule has 0 bridgehead atoms. The zero-order valence-corrected chi connectivity index (χ0v) is 12.7. The molecule has 2 amide bonds. The van der Waals surface area contributed by atoms with E-state index in [1.165, 1.54) is 11.3 Å². The van der Waals surface area contributed by atoms with Crippen molar-refractivity contribution < 1.29 is 9.53 Å². The van der Waals surface area contributed by atoms with Gasteiger partial charge in [0.15, 0.2) is 5.13 Å². The van der Waals surface area contributed by atoms with Crippen molar-refractivity contribution in [3.05, 3.63) is 46.4 Å². The van der Waals surface area contributed by atoms with Crippen molar-refractivity contribution in [2.75, 3.05) is 25.0 Å². The van der Waals surface area contributed by atoms with Crippen LogP contribution in [0.25, 0.3) is 0 Å². The Morgan fingerprint density at radius 2 is 2.24 bits per heavy atom. The van der Waals surface area contributed by atoms with Crippen molar-refractivity contribution in [2.24, 2.45) is 0 Å². The van der Waals surface area contributed by atoms with Crippen LogP contribution >= 0.6 is 22.9 Å². The number of urea groups is 1. The number of hydrogen-bond acceptors (Lipinski definition) is 4. The van der Waals surface area contributed by atoms with Gasteiger partial charge in [0.05, 0.1) is 13.2 Å². The number of hydrogen-bond donors (Lipinski definition) is 1. The summed E-state index contributed by atoms with van der Waals surface area (Å²) in [4.78, 5) is 18.0. The highest BCUT2D eigenvalue weighted by Gasteiger charge is 2.25. The van der Waals surface area contributed by atoms with Gasteiger partial charge in [-0.3, -0.25) is 5.32 Å². The molecule has 1 fully saturated rings. The Balaban J connectivity index is 1.65. The molecule has 5 nitrogen and oxygen atoms in total. The van der Waals surface area contributed by atoms with Crippen LogP contribution in [0.3, 0.4) is 0 Å². The summed E-state index contributed by atoms with van der Waals surface area (Å²) in [5, 5.41) is 5.91. The zero-order valence-electron chi connectivity index (χ0n) is 11.2. The molecule has 1 saturated heterocycles. The van der Waals surface area contributed by atoms with Gasteiger partial charge < -0.3 is 9.64 Å². The first-order valence-electron chi connectivity index (χ1n) is 6.55. The lowest BCUT2D eigenvalue weighted by Crippen LogP contribution is -2.44. The molecule has 1 atom stereocenters. The van der Waals surface area contributed by atoms with E-state index < -0.39 is 0 Å². The average molecular weight is 324 g/mol. The van der Waals surface area contributed by atoms with Crippen molar-refractivity contribution >= 4 is 34.1 Å². The lowest BCUT2D eigenvalue weighted by atomic mass is 10.1. The molecule has 7 heteroatoms. The third-order valence-electron chi connectivity index (χ3n) is 3.24. The van der Waals surface area contributed by atoms with Crippen LogP contribution in [0.5, 0.6) is 0 Å². The number of amides is 2. The number of anilines is 1. The number of rotatable bonds is 2. The summed E-state index contributed by atoms with van der Waals surface area (Å²) in [6.07, 6.45) is 1.54. The third-order valence-corrected chi connectivity index (χ3v) is 4.18. The van der Waals surface area contributed by atoms with Crippen LogP contribution < -0.4 is 5.32 Å². The topological polar surface area (TPSA) is 54.5 Å². The van der Waals surface area contributed by atoms with Gasteiger partial charge >= 0.3 is 6.03 Å². The highest BCUT2D eigenvalue weighted by molar-refractivity contribution is 7.13. The number of ether oxygens (including phenoxy) is 1. The van der Waals surface area contributed by atoms with Gasteiger partial charge in [-0.1, -0.05) is 23.7 Å². The van der Waals surface area contributed by atoms with Crippen molar-refractivity contribution in [3.8, 4) is 0 Å². The van der Waals surface area contributed by atoms with Gasteiger partial charge in [-0.05, 0) is 17.7 Å². The van der Waals surface area contributed by atoms with E-state index in [0.717, 1.165) is 5.56 Å². The van der Waals surface area contributed by atoms with E-state index in [9.17, 15) is 4.79 Å². The molecule has 0 unspecified atom stereocenters. The van der Waals surface area contributed by atoms with Crippen LogP contribution in [0.1, 0.15) is 11.7 Å². The Labute approximate surface area is 131 Å². The van der Waals surface area contributed by atoms with Gasteiger partial charge in [0.1, 0.15) is 6.10 Å². The Kier molecular flexibility index (Phi) is 4.38. The number of nitrogens with zero attached hydrogens (tertiary/aromatic N) is 2. The van der Waals surface area contributed by atoms with E-state index in [-0.39, 0.29) is 12.1 Å². The van der Waals surface area contributed by atoms with Crippen molar-refractivity contribution in [1.29, 1.82) is 0 Å². The van der Waals surface area contributed by atoms with Gasteiger partial charge in [0, 0.05) is 23.1 Å². The number of morpholine rings is 1. The van der Waals surface area contributed by atoms with E-state index in [2.05, 4.69) is 10.3 Å². The smallest absolute Gasteiger partial charge is 0.323 e. The van der Waals surface area contributed by atoms with Crippen molar-refractivity contribution in [3.63, 3.8) is 0 Å². The Bertz CT molecular complexity index is 603. The van der Waals surface area contributed by atoms with Crippen molar-refractivity contribution in [1.82, 2.24) is 9.88 Å². The molecule has 0 aliphatic carbocycles. The number of nitrogens with one attached hydrogen (secondary N) is 1. The first-order chi connectivity index (χ1) is 10.2. The Morgan fingerprint density at radius 3 is 2.95 bits per heavy atom. The summed E-state index contributed by atoms with van der Waals surface area (Å²) < 4.78 is 5.74. The maximum Gasteiger partial charge on any atom is 0.323 e. The summed E-state index contributed by atoms with van der Waals surface area (Å²) in [7, 11) is 0. The second-order valence-corrected chi connectivity index (χ2v) is 5.96. The van der Waals surface area contributed by atoms with Gasteiger partial charge in [-0.2, -0.15) is 0 Å². The fraction of sp³-hybridized carbons (Fsp3) is 0.286. The van der Waals surface area contributed by atoms with E-state index in [0.29, 0.717) is 29.9 Å². The number of thiazole rings is 1. The zero-order chi connectivity index (χ0) is 14.7. The first kappa shape index (κ1) is 14.3. The predicted octanol–water partition coefficient (Wildman–Crippen LogP) is 3.40. The van der Waals surface area contributed by atoms with Gasteiger partial charge in [-0.15, -0.1) is 11.3 Å². The highest BCUT2D eigenvalue weighted by Crippen LogP contribution is 2.24. The summed E-state index contributed by atoms with van der Waals surface area (Å²) in [5.74, 6) is 0. The van der Waals surface area contributed by atoms with Gasteiger partial charge in [0.25, 0.3) is 0 Å². The van der Waals surface area contributed by atoms with E-state index in [4.69, 9.17) is 16.3 Å². The lowest BCUT2D eigenvalue weighted by molar-refractivity contribution is -0.0135. The molecule has 1 N–H and O–H groups in total. The molecule has 0 spiro atoms. The number of benzene rings is 1. The quantitative estimate of drug-likeness (QED) is 0.921. The van der Waals surface area contributed by atoms with E-state index in [1.54, 1.807) is 11.1 Å². The molecule has 3 rings (SSSR count). The fourth-order valence-corrected chi connectivity index (χ4v) is 2.81. The number of carbonyl (C=O) groups excluding carboxylic acids is 1. The van der Waals surface area contributed by atoms with Crippen molar-refractivity contribution in [2.45, 2.75) is 6.10 Å².